The van der Waals surface area contributed by atoms with Crippen molar-refractivity contribution >= 4 is 22.2 Å². The molecular formula is C14H20N4O2S. The van der Waals surface area contributed by atoms with E-state index in [2.05, 4.69) is 9.88 Å². The van der Waals surface area contributed by atoms with Crippen molar-refractivity contribution in [2.75, 3.05) is 32.7 Å². The number of β-amino-alcohol motifs (C(OH)–C–C–N with tert-alkyl or cyclic N) is 1. The van der Waals surface area contributed by atoms with E-state index in [4.69, 9.17) is 0 Å². The normalized spacial score (nSPS) is 18.3. The van der Waals surface area contributed by atoms with E-state index in [9.17, 15) is 9.90 Å². The molecule has 0 aliphatic carbocycles. The van der Waals surface area contributed by atoms with Crippen molar-refractivity contribution in [3.05, 3.63) is 23.5 Å². The van der Waals surface area contributed by atoms with Crippen LogP contribution in [0.4, 0.5) is 0 Å². The number of fused-ring (bicyclic) bond motifs is 1. The third-order valence-electron chi connectivity index (χ3n) is 3.72. The van der Waals surface area contributed by atoms with Gasteiger partial charge in [0.05, 0.1) is 18.2 Å². The second kappa shape index (κ2) is 6.13. The van der Waals surface area contributed by atoms with Crippen molar-refractivity contribution in [1.29, 1.82) is 0 Å². The molecule has 7 heteroatoms. The van der Waals surface area contributed by atoms with Crippen molar-refractivity contribution in [2.45, 2.75) is 19.4 Å². The molecule has 1 saturated heterocycles. The summed E-state index contributed by atoms with van der Waals surface area (Å²) in [6.07, 6.45) is 3.93. The lowest BCUT2D eigenvalue weighted by molar-refractivity contribution is -0.132. The number of aliphatic hydroxyl groups excluding tert-OH is 1. The summed E-state index contributed by atoms with van der Waals surface area (Å²) in [5.41, 5.74) is 0.832. The predicted molar refractivity (Wildman–Crippen MR) is 81.5 cm³/mol. The minimum Gasteiger partial charge on any atom is -0.392 e. The number of imidazole rings is 1. The molecular weight excluding hydrogens is 288 g/mol. The highest BCUT2D eigenvalue weighted by Gasteiger charge is 2.22. The third kappa shape index (κ3) is 3.42. The monoisotopic (exact) mass is 308 g/mol. The number of aliphatic hydroxyl groups is 1. The van der Waals surface area contributed by atoms with Gasteiger partial charge in [-0.1, -0.05) is 0 Å². The first-order chi connectivity index (χ1) is 10.1. The van der Waals surface area contributed by atoms with Crippen LogP contribution in [-0.2, 0) is 11.2 Å². The van der Waals surface area contributed by atoms with Crippen LogP contribution in [0, 0.1) is 0 Å². The number of carbonyl (C=O) groups excluding carboxylic acids is 1. The van der Waals surface area contributed by atoms with Gasteiger partial charge in [0.25, 0.3) is 0 Å². The Morgan fingerprint density at radius 1 is 1.43 bits per heavy atom. The minimum absolute atomic E-state index is 0.137. The largest absolute Gasteiger partial charge is 0.392 e. The standard InChI is InChI=1S/C14H20N4O2S/c1-11(19)9-16-2-4-17(5-3-16)13(20)8-12-10-18-6-7-21-14(18)15-12/h6-7,10-11,19H,2-5,8-9H2,1H3/t11-/m1/s1. The number of aromatic nitrogens is 2. The molecule has 2 aromatic rings. The summed E-state index contributed by atoms with van der Waals surface area (Å²) >= 11 is 1.57. The highest BCUT2D eigenvalue weighted by molar-refractivity contribution is 7.15. The Bertz CT molecular complexity index is 585. The number of carbonyl (C=O) groups is 1. The van der Waals surface area contributed by atoms with Crippen LogP contribution < -0.4 is 0 Å². The Labute approximate surface area is 127 Å². The van der Waals surface area contributed by atoms with Gasteiger partial charge in [-0.15, -0.1) is 11.3 Å². The number of amides is 1. The summed E-state index contributed by atoms with van der Waals surface area (Å²) in [6.45, 7) is 5.59. The Morgan fingerprint density at radius 2 is 2.19 bits per heavy atom. The highest BCUT2D eigenvalue weighted by atomic mass is 32.1. The van der Waals surface area contributed by atoms with Crippen molar-refractivity contribution in [3.63, 3.8) is 0 Å². The number of piperazine rings is 1. The average molecular weight is 308 g/mol. The summed E-state index contributed by atoms with van der Waals surface area (Å²) in [4.78, 5) is 21.8. The summed E-state index contributed by atoms with van der Waals surface area (Å²) in [5.74, 6) is 0.137. The van der Waals surface area contributed by atoms with Crippen molar-refractivity contribution in [2.24, 2.45) is 0 Å². The summed E-state index contributed by atoms with van der Waals surface area (Å²) in [6, 6.07) is 0. The van der Waals surface area contributed by atoms with E-state index in [1.807, 2.05) is 27.1 Å². The Morgan fingerprint density at radius 3 is 2.86 bits per heavy atom. The second-order valence-electron chi connectivity index (χ2n) is 5.53. The van der Waals surface area contributed by atoms with Crippen LogP contribution in [0.5, 0.6) is 0 Å². The number of rotatable bonds is 4. The van der Waals surface area contributed by atoms with Crippen LogP contribution in [0.1, 0.15) is 12.6 Å². The first-order valence-corrected chi connectivity index (χ1v) is 8.09. The van der Waals surface area contributed by atoms with E-state index in [0.29, 0.717) is 13.0 Å². The molecule has 1 N–H and O–H groups in total. The molecule has 114 valence electrons. The van der Waals surface area contributed by atoms with Crippen LogP contribution in [0.15, 0.2) is 17.8 Å². The van der Waals surface area contributed by atoms with Gasteiger partial charge in [0.1, 0.15) is 0 Å². The van der Waals surface area contributed by atoms with Crippen LogP contribution in [0.2, 0.25) is 0 Å². The Kier molecular flexibility index (Phi) is 4.23. The molecule has 1 amide bonds. The molecule has 0 spiro atoms. The summed E-state index contributed by atoms with van der Waals surface area (Å²) in [7, 11) is 0. The summed E-state index contributed by atoms with van der Waals surface area (Å²) < 4.78 is 1.95. The highest BCUT2D eigenvalue weighted by Crippen LogP contribution is 2.13. The molecule has 2 aromatic heterocycles. The molecule has 0 radical (unpaired) electrons. The Balaban J connectivity index is 1.53. The van der Waals surface area contributed by atoms with E-state index in [1.165, 1.54) is 0 Å². The maximum Gasteiger partial charge on any atom is 0.228 e. The van der Waals surface area contributed by atoms with Gasteiger partial charge in [-0.2, -0.15) is 0 Å². The van der Waals surface area contributed by atoms with Gasteiger partial charge in [0.15, 0.2) is 4.96 Å². The van der Waals surface area contributed by atoms with Crippen molar-refractivity contribution in [1.82, 2.24) is 19.2 Å². The molecule has 0 saturated carbocycles. The molecule has 0 unspecified atom stereocenters. The number of thiazole rings is 1. The molecule has 3 rings (SSSR count). The molecule has 1 fully saturated rings. The lowest BCUT2D eigenvalue weighted by Gasteiger charge is -2.35. The van der Waals surface area contributed by atoms with Crippen LogP contribution in [-0.4, -0.2) is 69.0 Å². The molecule has 6 nitrogen and oxygen atoms in total. The molecule has 1 atom stereocenters. The van der Waals surface area contributed by atoms with E-state index in [-0.39, 0.29) is 12.0 Å². The predicted octanol–water partition coefficient (Wildman–Crippen LogP) is 0.463. The topological polar surface area (TPSA) is 61.1 Å². The lowest BCUT2D eigenvalue weighted by atomic mass is 10.2. The SMILES string of the molecule is C[C@@H](O)CN1CCN(C(=O)Cc2cn3ccsc3n2)CC1. The maximum atomic E-state index is 12.3. The van der Waals surface area contributed by atoms with Gasteiger partial charge in [-0.3, -0.25) is 14.1 Å². The molecule has 3 heterocycles. The fraction of sp³-hybridized carbons (Fsp3) is 0.571. The smallest absolute Gasteiger partial charge is 0.228 e. The first-order valence-electron chi connectivity index (χ1n) is 7.21. The zero-order valence-electron chi connectivity index (χ0n) is 12.1. The number of nitrogens with zero attached hydrogens (tertiary/aromatic N) is 4. The Hall–Kier alpha value is -1.44. The fourth-order valence-electron chi connectivity index (χ4n) is 2.68. The zero-order valence-corrected chi connectivity index (χ0v) is 12.9. The molecule has 1 aliphatic rings. The van der Waals surface area contributed by atoms with E-state index < -0.39 is 0 Å². The maximum absolute atomic E-state index is 12.3. The van der Waals surface area contributed by atoms with Crippen molar-refractivity contribution in [3.8, 4) is 0 Å². The van der Waals surface area contributed by atoms with E-state index >= 15 is 0 Å². The number of hydrogen-bond donors (Lipinski definition) is 1. The van der Waals surface area contributed by atoms with Crippen LogP contribution in [0.3, 0.4) is 0 Å². The average Bonchev–Trinajstić information content (AvgIpc) is 2.99. The quantitative estimate of drug-likeness (QED) is 0.891. The molecule has 21 heavy (non-hydrogen) atoms. The van der Waals surface area contributed by atoms with Gasteiger partial charge < -0.3 is 10.0 Å². The second-order valence-corrected chi connectivity index (χ2v) is 6.41. The van der Waals surface area contributed by atoms with Gasteiger partial charge in [0, 0.05) is 50.5 Å². The van der Waals surface area contributed by atoms with Gasteiger partial charge in [-0.25, -0.2) is 4.98 Å². The van der Waals surface area contributed by atoms with Crippen molar-refractivity contribution < 1.29 is 9.90 Å². The zero-order chi connectivity index (χ0) is 14.8. The molecule has 1 aliphatic heterocycles. The van der Waals surface area contributed by atoms with E-state index in [0.717, 1.165) is 36.8 Å². The lowest BCUT2D eigenvalue weighted by Crippen LogP contribution is -2.50. The van der Waals surface area contributed by atoms with E-state index in [1.54, 1.807) is 18.3 Å². The molecule has 0 bridgehead atoms. The summed E-state index contributed by atoms with van der Waals surface area (Å²) in [5, 5.41) is 11.4. The van der Waals surface area contributed by atoms with Gasteiger partial charge in [-0.05, 0) is 6.92 Å². The fourth-order valence-corrected chi connectivity index (χ4v) is 3.40. The molecule has 0 aromatic carbocycles. The minimum atomic E-state index is -0.314. The van der Waals surface area contributed by atoms with Gasteiger partial charge in [0.2, 0.25) is 5.91 Å². The van der Waals surface area contributed by atoms with Crippen LogP contribution >= 0.6 is 11.3 Å². The number of hydrogen-bond acceptors (Lipinski definition) is 5. The third-order valence-corrected chi connectivity index (χ3v) is 4.49. The van der Waals surface area contributed by atoms with Crippen LogP contribution in [0.25, 0.3) is 4.96 Å². The van der Waals surface area contributed by atoms with Gasteiger partial charge >= 0.3 is 0 Å². The first kappa shape index (κ1) is 14.5.